The van der Waals surface area contributed by atoms with Gasteiger partial charge >= 0.3 is 5.97 Å². The van der Waals surface area contributed by atoms with Crippen molar-refractivity contribution in [2.24, 2.45) is 17.8 Å². The zero-order chi connectivity index (χ0) is 12.3. The molecule has 1 aliphatic rings. The van der Waals surface area contributed by atoms with Crippen LogP contribution < -0.4 is 0 Å². The van der Waals surface area contributed by atoms with Crippen LogP contribution in [0.15, 0.2) is 0 Å². The third-order valence-corrected chi connectivity index (χ3v) is 3.51. The number of rotatable bonds is 3. The molecule has 0 aromatic rings. The lowest BCUT2D eigenvalue weighted by Crippen LogP contribution is -2.37. The van der Waals surface area contributed by atoms with Crippen LogP contribution in [0.25, 0.3) is 0 Å². The van der Waals surface area contributed by atoms with E-state index in [0.717, 1.165) is 12.8 Å². The van der Waals surface area contributed by atoms with Gasteiger partial charge in [0.2, 0.25) is 5.78 Å². The van der Waals surface area contributed by atoms with Gasteiger partial charge in [0, 0.05) is 6.92 Å². The fourth-order valence-corrected chi connectivity index (χ4v) is 2.47. The van der Waals surface area contributed by atoms with E-state index in [1.54, 1.807) is 0 Å². The minimum absolute atomic E-state index is 0.0693. The van der Waals surface area contributed by atoms with Gasteiger partial charge in [0.05, 0.1) is 0 Å². The second-order valence-electron chi connectivity index (χ2n) is 5.33. The van der Waals surface area contributed by atoms with Gasteiger partial charge in [-0.15, -0.1) is 0 Å². The molecular formula is C13H22O3. The first-order valence-corrected chi connectivity index (χ1v) is 6.13. The summed E-state index contributed by atoms with van der Waals surface area (Å²) in [6.07, 6.45) is 3.10. The molecule has 0 radical (unpaired) electrons. The summed E-state index contributed by atoms with van der Waals surface area (Å²) >= 11 is 0. The topological polar surface area (TPSA) is 43.4 Å². The fraction of sp³-hybridized carbons (Fsp3) is 0.846. The first-order valence-electron chi connectivity index (χ1n) is 6.13. The average Bonchev–Trinajstić information content (AvgIpc) is 2.16. The van der Waals surface area contributed by atoms with Crippen LogP contribution in [0.3, 0.4) is 0 Å². The zero-order valence-electron chi connectivity index (χ0n) is 10.7. The molecular weight excluding hydrogens is 204 g/mol. The molecule has 1 rings (SSSR count). The molecule has 1 saturated carbocycles. The van der Waals surface area contributed by atoms with Gasteiger partial charge in [-0.1, -0.05) is 27.2 Å². The van der Waals surface area contributed by atoms with E-state index in [4.69, 9.17) is 4.74 Å². The van der Waals surface area contributed by atoms with Gasteiger partial charge in [-0.3, -0.25) is 4.79 Å². The van der Waals surface area contributed by atoms with E-state index in [-0.39, 0.29) is 6.10 Å². The van der Waals surface area contributed by atoms with Crippen molar-refractivity contribution in [2.75, 3.05) is 0 Å². The van der Waals surface area contributed by atoms with Crippen molar-refractivity contribution in [2.45, 2.75) is 53.1 Å². The minimum Gasteiger partial charge on any atom is -0.456 e. The Bertz CT molecular complexity index is 270. The highest BCUT2D eigenvalue weighted by Crippen LogP contribution is 2.35. The monoisotopic (exact) mass is 226 g/mol. The molecule has 16 heavy (non-hydrogen) atoms. The third-order valence-electron chi connectivity index (χ3n) is 3.51. The van der Waals surface area contributed by atoms with Crippen molar-refractivity contribution in [3.63, 3.8) is 0 Å². The van der Waals surface area contributed by atoms with Gasteiger partial charge in [-0.2, -0.15) is 0 Å². The van der Waals surface area contributed by atoms with Crippen molar-refractivity contribution in [3.05, 3.63) is 0 Å². The van der Waals surface area contributed by atoms with Crippen LogP contribution in [-0.2, 0) is 14.3 Å². The lowest BCUT2D eigenvalue weighted by atomic mass is 9.75. The first kappa shape index (κ1) is 13.2. The molecule has 0 N–H and O–H groups in total. The van der Waals surface area contributed by atoms with Crippen LogP contribution in [0.4, 0.5) is 0 Å². The van der Waals surface area contributed by atoms with Gasteiger partial charge in [0.1, 0.15) is 6.10 Å². The molecule has 3 atom stereocenters. The van der Waals surface area contributed by atoms with E-state index in [9.17, 15) is 9.59 Å². The summed E-state index contributed by atoms with van der Waals surface area (Å²) in [4.78, 5) is 22.2. The number of ether oxygens (including phenoxy) is 1. The van der Waals surface area contributed by atoms with E-state index in [0.29, 0.717) is 17.8 Å². The number of ketones is 1. The smallest absolute Gasteiger partial charge is 0.374 e. The van der Waals surface area contributed by atoms with E-state index in [1.807, 2.05) is 0 Å². The molecule has 0 aromatic carbocycles. The summed E-state index contributed by atoms with van der Waals surface area (Å²) in [5, 5.41) is 0. The van der Waals surface area contributed by atoms with Crippen molar-refractivity contribution in [3.8, 4) is 0 Å². The van der Waals surface area contributed by atoms with Crippen LogP contribution in [0.2, 0.25) is 0 Å². The quantitative estimate of drug-likeness (QED) is 0.548. The maximum Gasteiger partial charge on any atom is 0.374 e. The second-order valence-corrected chi connectivity index (χ2v) is 5.33. The Hall–Kier alpha value is -0.860. The average molecular weight is 226 g/mol. The Labute approximate surface area is 97.5 Å². The van der Waals surface area contributed by atoms with Crippen molar-refractivity contribution >= 4 is 11.8 Å². The summed E-state index contributed by atoms with van der Waals surface area (Å²) < 4.78 is 5.31. The highest BCUT2D eigenvalue weighted by atomic mass is 16.5. The summed E-state index contributed by atoms with van der Waals surface area (Å²) in [5.74, 6) is 0.307. The first-order chi connectivity index (χ1) is 7.41. The van der Waals surface area contributed by atoms with Crippen LogP contribution in [0.1, 0.15) is 47.0 Å². The number of hydrogen-bond acceptors (Lipinski definition) is 3. The lowest BCUT2D eigenvalue weighted by Gasteiger charge is -2.36. The highest BCUT2D eigenvalue weighted by Gasteiger charge is 2.33. The molecule has 0 heterocycles. The standard InChI is InChI=1S/C13H22O3/c1-8(2)11-6-5-9(3)7-12(11)16-13(15)10(4)14/h8-9,11-12H,5-7H2,1-4H3/t9-,11+,12-/m0/s1. The predicted octanol–water partition coefficient (Wildman–Crippen LogP) is 2.58. The molecule has 0 amide bonds. The van der Waals surface area contributed by atoms with Crippen LogP contribution >= 0.6 is 0 Å². The summed E-state index contributed by atoms with van der Waals surface area (Å²) in [6.45, 7) is 7.73. The third kappa shape index (κ3) is 3.32. The molecule has 0 bridgehead atoms. The van der Waals surface area contributed by atoms with Gasteiger partial charge in [0.25, 0.3) is 0 Å². The SMILES string of the molecule is CC(=O)C(=O)O[C@H]1C[C@@H](C)CC[C@@H]1C(C)C. The van der Waals surface area contributed by atoms with Crippen molar-refractivity contribution in [1.29, 1.82) is 0 Å². The zero-order valence-corrected chi connectivity index (χ0v) is 10.7. The van der Waals surface area contributed by atoms with Gasteiger partial charge in [-0.05, 0) is 30.6 Å². The van der Waals surface area contributed by atoms with Gasteiger partial charge in [0.15, 0.2) is 0 Å². The predicted molar refractivity (Wildman–Crippen MR) is 61.9 cm³/mol. The van der Waals surface area contributed by atoms with E-state index in [1.165, 1.54) is 13.3 Å². The van der Waals surface area contributed by atoms with E-state index < -0.39 is 11.8 Å². The van der Waals surface area contributed by atoms with Crippen LogP contribution in [0.5, 0.6) is 0 Å². The van der Waals surface area contributed by atoms with Crippen molar-refractivity contribution < 1.29 is 14.3 Å². The molecule has 0 aromatic heterocycles. The number of carbonyl (C=O) groups is 2. The fourth-order valence-electron chi connectivity index (χ4n) is 2.47. The Morgan fingerprint density at radius 3 is 2.38 bits per heavy atom. The molecule has 0 saturated heterocycles. The Balaban J connectivity index is 2.64. The number of carbonyl (C=O) groups excluding carboxylic acids is 2. The Morgan fingerprint density at radius 1 is 1.25 bits per heavy atom. The Morgan fingerprint density at radius 2 is 1.88 bits per heavy atom. The summed E-state index contributed by atoms with van der Waals surface area (Å²) in [6, 6.07) is 0. The molecule has 1 aliphatic carbocycles. The molecule has 3 heteroatoms. The largest absolute Gasteiger partial charge is 0.456 e. The molecule has 0 spiro atoms. The van der Waals surface area contributed by atoms with Crippen molar-refractivity contribution in [1.82, 2.24) is 0 Å². The van der Waals surface area contributed by atoms with Gasteiger partial charge < -0.3 is 4.74 Å². The number of hydrogen-bond donors (Lipinski definition) is 0. The highest BCUT2D eigenvalue weighted by molar-refractivity contribution is 6.32. The number of esters is 1. The Kier molecular flexibility index (Phi) is 4.51. The summed E-state index contributed by atoms with van der Waals surface area (Å²) in [5.41, 5.74) is 0. The maximum atomic E-state index is 11.3. The normalized spacial score (nSPS) is 30.2. The van der Waals surface area contributed by atoms with Crippen LogP contribution in [-0.4, -0.2) is 17.9 Å². The number of Topliss-reactive ketones (excluding diaryl/α,β-unsaturated/α-hetero) is 1. The van der Waals surface area contributed by atoms with E-state index >= 15 is 0 Å². The molecule has 92 valence electrons. The molecule has 0 aliphatic heterocycles. The van der Waals surface area contributed by atoms with Gasteiger partial charge in [-0.25, -0.2) is 4.79 Å². The van der Waals surface area contributed by atoms with Crippen LogP contribution in [0, 0.1) is 17.8 Å². The summed E-state index contributed by atoms with van der Waals surface area (Å²) in [7, 11) is 0. The molecule has 3 nitrogen and oxygen atoms in total. The van der Waals surface area contributed by atoms with E-state index in [2.05, 4.69) is 20.8 Å². The second kappa shape index (κ2) is 5.46. The molecule has 1 fully saturated rings. The molecule has 0 unspecified atom stereocenters. The minimum atomic E-state index is -0.676. The maximum absolute atomic E-state index is 11.3. The lowest BCUT2D eigenvalue weighted by molar-refractivity contribution is -0.162.